The Kier molecular flexibility index (Phi) is 8.04. The molecule has 0 aromatic heterocycles. The van der Waals surface area contributed by atoms with Crippen LogP contribution >= 0.6 is 0 Å². The van der Waals surface area contributed by atoms with E-state index in [1.54, 1.807) is 12.1 Å². The highest BCUT2D eigenvalue weighted by Crippen LogP contribution is 2.12. The minimum atomic E-state index is -1.05. The number of carbonyl (C=O) groups excluding carboxylic acids is 1. The summed E-state index contributed by atoms with van der Waals surface area (Å²) in [6.45, 7) is 2.13. The van der Waals surface area contributed by atoms with Crippen molar-refractivity contribution in [2.45, 2.75) is 57.9 Å². The van der Waals surface area contributed by atoms with E-state index in [1.165, 1.54) is 18.6 Å². The molecule has 0 saturated carbocycles. The van der Waals surface area contributed by atoms with Crippen LogP contribution in [0, 0.1) is 0 Å². The van der Waals surface area contributed by atoms with Gasteiger partial charge in [-0.05, 0) is 24.1 Å². The number of benzene rings is 1. The molecular formula is C17H25NO4. The molecule has 0 bridgehead atoms. The minimum absolute atomic E-state index is 0.131. The van der Waals surface area contributed by atoms with Crippen molar-refractivity contribution in [1.29, 1.82) is 0 Å². The summed E-state index contributed by atoms with van der Waals surface area (Å²) in [5.74, 6) is -1.14. The highest BCUT2D eigenvalue weighted by Gasteiger charge is 2.20. The van der Waals surface area contributed by atoms with Gasteiger partial charge in [-0.3, -0.25) is 4.79 Å². The quantitative estimate of drug-likeness (QED) is 0.580. The Morgan fingerprint density at radius 3 is 2.32 bits per heavy atom. The van der Waals surface area contributed by atoms with Crippen molar-refractivity contribution >= 4 is 11.9 Å². The first-order chi connectivity index (χ1) is 10.5. The third-order valence-electron chi connectivity index (χ3n) is 3.52. The lowest BCUT2D eigenvalue weighted by Crippen LogP contribution is -2.42. The van der Waals surface area contributed by atoms with Crippen molar-refractivity contribution in [1.82, 2.24) is 5.32 Å². The van der Waals surface area contributed by atoms with Gasteiger partial charge in [-0.2, -0.15) is 0 Å². The summed E-state index contributed by atoms with van der Waals surface area (Å²) in [6, 6.07) is 5.38. The Labute approximate surface area is 131 Å². The molecule has 1 aromatic rings. The molecule has 0 aliphatic carbocycles. The van der Waals surface area contributed by atoms with Gasteiger partial charge in [-0.25, -0.2) is 4.79 Å². The van der Waals surface area contributed by atoms with Gasteiger partial charge in [0.2, 0.25) is 5.91 Å². The van der Waals surface area contributed by atoms with Gasteiger partial charge < -0.3 is 15.5 Å². The molecule has 5 heteroatoms. The molecule has 0 fully saturated rings. The first-order valence-electron chi connectivity index (χ1n) is 7.83. The predicted octanol–water partition coefficient (Wildman–Crippen LogP) is 2.86. The molecule has 5 nitrogen and oxygen atoms in total. The molecule has 0 radical (unpaired) electrons. The molecule has 122 valence electrons. The van der Waals surface area contributed by atoms with Gasteiger partial charge in [0.25, 0.3) is 0 Å². The maximum absolute atomic E-state index is 11.8. The number of amides is 1. The third kappa shape index (κ3) is 7.11. The van der Waals surface area contributed by atoms with Gasteiger partial charge in [-0.1, -0.05) is 44.7 Å². The van der Waals surface area contributed by atoms with Crippen LogP contribution < -0.4 is 5.32 Å². The number of aromatic hydroxyl groups is 1. The Bertz CT molecular complexity index is 470. The summed E-state index contributed by atoms with van der Waals surface area (Å²) in [4.78, 5) is 23.1. The Morgan fingerprint density at radius 1 is 1.09 bits per heavy atom. The smallest absolute Gasteiger partial charge is 0.326 e. The van der Waals surface area contributed by atoms with Gasteiger partial charge in [0.1, 0.15) is 11.8 Å². The van der Waals surface area contributed by atoms with E-state index in [1.807, 2.05) is 0 Å². The number of hydrogen-bond acceptors (Lipinski definition) is 3. The van der Waals surface area contributed by atoms with Crippen molar-refractivity contribution in [3.8, 4) is 5.75 Å². The lowest BCUT2D eigenvalue weighted by Gasteiger charge is -2.14. The zero-order valence-corrected chi connectivity index (χ0v) is 13.0. The summed E-state index contributed by atoms with van der Waals surface area (Å²) >= 11 is 0. The van der Waals surface area contributed by atoms with Crippen LogP contribution in [0.15, 0.2) is 24.3 Å². The maximum Gasteiger partial charge on any atom is 0.326 e. The van der Waals surface area contributed by atoms with Crippen LogP contribution in [0.3, 0.4) is 0 Å². The summed E-state index contributed by atoms with van der Waals surface area (Å²) in [5.41, 5.74) is 0.758. The van der Waals surface area contributed by atoms with Crippen LogP contribution in [-0.4, -0.2) is 28.1 Å². The van der Waals surface area contributed by atoms with Crippen molar-refractivity contribution in [3.05, 3.63) is 29.8 Å². The molecule has 0 aliphatic rings. The van der Waals surface area contributed by atoms with E-state index in [4.69, 9.17) is 0 Å². The van der Waals surface area contributed by atoms with Crippen LogP contribution in [0.25, 0.3) is 0 Å². The second-order valence-corrected chi connectivity index (χ2v) is 5.49. The van der Waals surface area contributed by atoms with Crippen molar-refractivity contribution in [2.75, 3.05) is 0 Å². The minimum Gasteiger partial charge on any atom is -0.508 e. The molecule has 0 saturated heterocycles. The normalized spacial score (nSPS) is 11.9. The highest BCUT2D eigenvalue weighted by atomic mass is 16.4. The molecule has 3 N–H and O–H groups in total. The Balaban J connectivity index is 2.41. The van der Waals surface area contributed by atoms with E-state index in [0.29, 0.717) is 6.42 Å². The number of phenols is 1. The van der Waals surface area contributed by atoms with Crippen molar-refractivity contribution in [3.63, 3.8) is 0 Å². The number of carboxylic acids is 1. The van der Waals surface area contributed by atoms with Crippen LogP contribution in [0.4, 0.5) is 0 Å². The van der Waals surface area contributed by atoms with Crippen LogP contribution in [0.5, 0.6) is 5.75 Å². The second-order valence-electron chi connectivity index (χ2n) is 5.49. The van der Waals surface area contributed by atoms with Crippen LogP contribution in [0.1, 0.15) is 51.0 Å². The molecule has 1 rings (SSSR count). The number of carbonyl (C=O) groups is 2. The fourth-order valence-electron chi connectivity index (χ4n) is 2.22. The Morgan fingerprint density at radius 2 is 1.73 bits per heavy atom. The first-order valence-corrected chi connectivity index (χ1v) is 7.83. The monoisotopic (exact) mass is 307 g/mol. The molecular weight excluding hydrogens is 282 g/mol. The van der Waals surface area contributed by atoms with E-state index in [9.17, 15) is 19.8 Å². The predicted molar refractivity (Wildman–Crippen MR) is 84.8 cm³/mol. The van der Waals surface area contributed by atoms with Crippen molar-refractivity contribution < 1.29 is 19.8 Å². The van der Waals surface area contributed by atoms with Gasteiger partial charge in [-0.15, -0.1) is 0 Å². The molecule has 1 atom stereocenters. The van der Waals surface area contributed by atoms with E-state index >= 15 is 0 Å². The summed E-state index contributed by atoms with van der Waals surface area (Å²) < 4.78 is 0. The van der Waals surface area contributed by atoms with E-state index in [2.05, 4.69) is 12.2 Å². The average Bonchev–Trinajstić information content (AvgIpc) is 2.48. The van der Waals surface area contributed by atoms with E-state index < -0.39 is 12.0 Å². The second kappa shape index (κ2) is 9.82. The average molecular weight is 307 g/mol. The summed E-state index contributed by atoms with van der Waals surface area (Å²) in [6.07, 6.45) is 5.79. The van der Waals surface area contributed by atoms with Crippen molar-refractivity contribution in [2.24, 2.45) is 0 Å². The highest BCUT2D eigenvalue weighted by molar-refractivity contribution is 5.83. The number of unbranched alkanes of at least 4 members (excludes halogenated alkanes) is 4. The topological polar surface area (TPSA) is 86.6 Å². The Hall–Kier alpha value is -2.04. The molecule has 0 spiro atoms. The molecule has 1 amide bonds. The lowest BCUT2D eigenvalue weighted by atomic mass is 10.1. The number of phenolic OH excluding ortho intramolecular Hbond substituents is 1. The zero-order valence-electron chi connectivity index (χ0n) is 13.0. The maximum atomic E-state index is 11.8. The number of carboxylic acid groups (broad SMARTS) is 1. The van der Waals surface area contributed by atoms with Gasteiger partial charge in [0.15, 0.2) is 0 Å². The largest absolute Gasteiger partial charge is 0.508 e. The van der Waals surface area contributed by atoms with Crippen LogP contribution in [-0.2, 0) is 16.0 Å². The van der Waals surface area contributed by atoms with Gasteiger partial charge in [0, 0.05) is 12.8 Å². The number of aliphatic carboxylic acids is 1. The number of rotatable bonds is 10. The van der Waals surface area contributed by atoms with Crippen LogP contribution in [0.2, 0.25) is 0 Å². The number of hydrogen-bond donors (Lipinski definition) is 3. The third-order valence-corrected chi connectivity index (χ3v) is 3.52. The lowest BCUT2D eigenvalue weighted by molar-refractivity contribution is -0.141. The fraction of sp³-hybridized carbons (Fsp3) is 0.529. The fourth-order valence-corrected chi connectivity index (χ4v) is 2.22. The summed E-state index contributed by atoms with van der Waals surface area (Å²) in [7, 11) is 0. The SMILES string of the molecule is CCCCCCCC(=O)N[C@H](Cc1ccc(O)cc1)C(=O)O. The standard InChI is InChI=1S/C17H25NO4/c1-2-3-4-5-6-7-16(20)18-15(17(21)22)12-13-8-10-14(19)11-9-13/h8-11,15,19H,2-7,12H2,1H3,(H,18,20)(H,21,22)/t15-/m1/s1. The molecule has 22 heavy (non-hydrogen) atoms. The zero-order chi connectivity index (χ0) is 16.4. The van der Waals surface area contributed by atoms with Gasteiger partial charge >= 0.3 is 5.97 Å². The molecule has 0 heterocycles. The summed E-state index contributed by atoms with van der Waals surface area (Å²) in [5, 5.41) is 21.0. The molecule has 1 aromatic carbocycles. The first kappa shape index (κ1) is 18.0. The molecule has 0 aliphatic heterocycles. The molecule has 0 unspecified atom stereocenters. The number of nitrogens with one attached hydrogen (secondary N) is 1. The van der Waals surface area contributed by atoms with E-state index in [-0.39, 0.29) is 18.1 Å². The van der Waals surface area contributed by atoms with E-state index in [0.717, 1.165) is 31.2 Å². The van der Waals surface area contributed by atoms with Gasteiger partial charge in [0.05, 0.1) is 0 Å².